The topological polar surface area (TPSA) is 37.3 Å². The van der Waals surface area contributed by atoms with Gasteiger partial charge in [0.05, 0.1) is 5.56 Å². The van der Waals surface area contributed by atoms with Crippen LogP contribution in [0.25, 0.3) is 0 Å². The smallest absolute Gasteiger partial charge is 0.335 e. The highest BCUT2D eigenvalue weighted by molar-refractivity contribution is 5.87. The summed E-state index contributed by atoms with van der Waals surface area (Å²) in [5.74, 6) is -0.305. The molecule has 168 valence electrons. The van der Waals surface area contributed by atoms with Crippen LogP contribution in [-0.4, -0.2) is 11.1 Å². The van der Waals surface area contributed by atoms with Crippen LogP contribution < -0.4 is 0 Å². The normalized spacial score (nSPS) is 17.7. The van der Waals surface area contributed by atoms with Crippen molar-refractivity contribution >= 4 is 5.97 Å². The lowest BCUT2D eigenvalue weighted by molar-refractivity contribution is 0.0697. The van der Waals surface area contributed by atoms with E-state index in [0.717, 1.165) is 12.8 Å². The molecule has 31 heavy (non-hydrogen) atoms. The number of fused-ring (bicyclic) bond motifs is 1. The Balaban J connectivity index is 1.83. The minimum atomic E-state index is -0.858. The molecule has 0 heterocycles. The lowest BCUT2D eigenvalue weighted by Crippen LogP contribution is -2.34. The van der Waals surface area contributed by atoms with Crippen molar-refractivity contribution < 1.29 is 9.90 Å². The van der Waals surface area contributed by atoms with Crippen LogP contribution in [0.4, 0.5) is 0 Å². The van der Waals surface area contributed by atoms with Crippen LogP contribution in [0.15, 0.2) is 42.5 Å². The Bertz CT molecular complexity index is 889. The highest BCUT2D eigenvalue weighted by atomic mass is 16.4. The second kappa shape index (κ2) is 9.59. The summed E-state index contributed by atoms with van der Waals surface area (Å²) in [6.45, 7) is 11.9. The van der Waals surface area contributed by atoms with Gasteiger partial charge in [-0.05, 0) is 83.2 Å². The third kappa shape index (κ3) is 5.59. The second-order valence-electron chi connectivity index (χ2n) is 10.8. The van der Waals surface area contributed by atoms with E-state index in [4.69, 9.17) is 5.11 Å². The number of carboxylic acids is 1. The first-order chi connectivity index (χ1) is 14.6. The molecule has 0 saturated heterocycles. The van der Waals surface area contributed by atoms with Crippen LogP contribution >= 0.6 is 0 Å². The van der Waals surface area contributed by atoms with Crippen molar-refractivity contribution in [2.45, 2.75) is 103 Å². The molecule has 0 aromatic heterocycles. The number of aryl methyl sites for hydroxylation is 1. The average molecular weight is 421 g/mol. The maximum absolute atomic E-state index is 11.1. The van der Waals surface area contributed by atoms with E-state index in [1.54, 1.807) is 17.7 Å². The largest absolute Gasteiger partial charge is 0.478 e. The molecule has 2 nitrogen and oxygen atoms in total. The fourth-order valence-corrected chi connectivity index (χ4v) is 5.13. The van der Waals surface area contributed by atoms with Gasteiger partial charge in [0.2, 0.25) is 0 Å². The third-order valence-corrected chi connectivity index (χ3v) is 7.49. The van der Waals surface area contributed by atoms with Gasteiger partial charge in [0.15, 0.2) is 0 Å². The molecule has 0 amide bonds. The maximum Gasteiger partial charge on any atom is 0.335 e. The molecule has 0 radical (unpaired) electrons. The van der Waals surface area contributed by atoms with E-state index < -0.39 is 5.97 Å². The summed E-state index contributed by atoms with van der Waals surface area (Å²) in [5, 5.41) is 9.14. The molecular weight excluding hydrogens is 380 g/mol. The van der Waals surface area contributed by atoms with Crippen molar-refractivity contribution in [3.05, 3.63) is 70.3 Å². The number of aromatic carboxylic acids is 1. The molecule has 0 aliphatic heterocycles. The zero-order valence-corrected chi connectivity index (χ0v) is 20.1. The van der Waals surface area contributed by atoms with Crippen LogP contribution in [0.3, 0.4) is 0 Å². The number of unbranched alkanes of at least 4 members (excludes halogenated alkanes) is 2. The van der Waals surface area contributed by atoms with Gasteiger partial charge in [-0.15, -0.1) is 0 Å². The minimum Gasteiger partial charge on any atom is -0.478 e. The number of hydrogen-bond acceptors (Lipinski definition) is 1. The Morgan fingerprint density at radius 1 is 0.903 bits per heavy atom. The molecule has 2 aromatic rings. The van der Waals surface area contributed by atoms with Gasteiger partial charge in [-0.3, -0.25) is 0 Å². The van der Waals surface area contributed by atoms with Crippen molar-refractivity contribution in [2.24, 2.45) is 0 Å². The highest BCUT2D eigenvalue weighted by Crippen LogP contribution is 2.46. The molecule has 2 aromatic carbocycles. The molecule has 1 aliphatic carbocycles. The molecule has 1 unspecified atom stereocenters. The molecule has 2 heteroatoms. The molecule has 0 saturated carbocycles. The van der Waals surface area contributed by atoms with Crippen LogP contribution in [0.2, 0.25) is 0 Å². The summed E-state index contributed by atoms with van der Waals surface area (Å²) >= 11 is 0. The van der Waals surface area contributed by atoms with Gasteiger partial charge in [-0.25, -0.2) is 4.79 Å². The number of benzene rings is 2. The Morgan fingerprint density at radius 3 is 2.16 bits per heavy atom. The van der Waals surface area contributed by atoms with Crippen molar-refractivity contribution in [3.63, 3.8) is 0 Å². The van der Waals surface area contributed by atoms with Gasteiger partial charge in [0.25, 0.3) is 0 Å². The average Bonchev–Trinajstić information content (AvgIpc) is 2.74. The van der Waals surface area contributed by atoms with E-state index in [-0.39, 0.29) is 10.8 Å². The molecule has 0 bridgehead atoms. The van der Waals surface area contributed by atoms with Gasteiger partial charge in [0, 0.05) is 0 Å². The molecule has 0 spiro atoms. The standard InChI is InChI=1S/C29H40O2/c1-6-7-8-9-22(13-10-21-11-14-23(15-12-21)27(30)31)24-16-17-25-26(20-24)29(4,5)19-18-28(25,2)3/h11-12,14-17,20,22H,6-10,13,18-19H2,1-5H3,(H,30,31). The van der Waals surface area contributed by atoms with Gasteiger partial charge >= 0.3 is 5.97 Å². The first-order valence-corrected chi connectivity index (χ1v) is 12.1. The summed E-state index contributed by atoms with van der Waals surface area (Å²) in [6, 6.07) is 14.8. The summed E-state index contributed by atoms with van der Waals surface area (Å²) in [5.41, 5.74) is 6.65. The zero-order valence-electron chi connectivity index (χ0n) is 20.1. The first-order valence-electron chi connectivity index (χ1n) is 12.1. The minimum absolute atomic E-state index is 0.238. The SMILES string of the molecule is CCCCCC(CCc1ccc(C(=O)O)cc1)c1ccc2c(c1)C(C)(C)CCC2(C)C. The van der Waals surface area contributed by atoms with Crippen LogP contribution in [0.5, 0.6) is 0 Å². The van der Waals surface area contributed by atoms with Crippen molar-refractivity contribution in [1.29, 1.82) is 0 Å². The predicted molar refractivity (Wildman–Crippen MR) is 130 cm³/mol. The molecule has 1 atom stereocenters. The number of carboxylic acid groups (broad SMARTS) is 1. The first kappa shape index (κ1) is 23.6. The van der Waals surface area contributed by atoms with Crippen molar-refractivity contribution in [1.82, 2.24) is 0 Å². The molecule has 1 aliphatic rings. The van der Waals surface area contributed by atoms with Crippen molar-refractivity contribution in [2.75, 3.05) is 0 Å². The molecule has 0 fully saturated rings. The third-order valence-electron chi connectivity index (χ3n) is 7.49. The lowest BCUT2D eigenvalue weighted by Gasteiger charge is -2.42. The van der Waals surface area contributed by atoms with Crippen LogP contribution in [-0.2, 0) is 17.3 Å². The monoisotopic (exact) mass is 420 g/mol. The Kier molecular flexibility index (Phi) is 7.29. The van der Waals surface area contributed by atoms with E-state index in [0.29, 0.717) is 11.5 Å². The van der Waals surface area contributed by atoms with Crippen LogP contribution in [0.1, 0.15) is 118 Å². The number of hydrogen-bond donors (Lipinski definition) is 1. The van der Waals surface area contributed by atoms with E-state index in [2.05, 4.69) is 52.8 Å². The summed E-state index contributed by atoms with van der Waals surface area (Å²) in [6.07, 6.45) is 9.61. The highest BCUT2D eigenvalue weighted by Gasteiger charge is 2.37. The molecular formula is C29H40O2. The Labute approximate surface area is 189 Å². The lowest BCUT2D eigenvalue weighted by atomic mass is 9.62. The second-order valence-corrected chi connectivity index (χ2v) is 10.8. The van der Waals surface area contributed by atoms with Gasteiger partial charge in [0.1, 0.15) is 0 Å². The zero-order chi connectivity index (χ0) is 22.6. The fourth-order valence-electron chi connectivity index (χ4n) is 5.13. The number of rotatable bonds is 9. The predicted octanol–water partition coefficient (Wildman–Crippen LogP) is 8.03. The van der Waals surface area contributed by atoms with Crippen LogP contribution in [0, 0.1) is 0 Å². The Morgan fingerprint density at radius 2 is 1.55 bits per heavy atom. The van der Waals surface area contributed by atoms with E-state index >= 15 is 0 Å². The summed E-state index contributed by atoms with van der Waals surface area (Å²) in [4.78, 5) is 11.1. The fraction of sp³-hybridized carbons (Fsp3) is 0.552. The van der Waals surface area contributed by atoms with Crippen molar-refractivity contribution in [3.8, 4) is 0 Å². The molecule has 3 rings (SSSR count). The summed E-state index contributed by atoms with van der Waals surface area (Å²) in [7, 11) is 0. The van der Waals surface area contributed by atoms with Gasteiger partial charge in [-0.2, -0.15) is 0 Å². The summed E-state index contributed by atoms with van der Waals surface area (Å²) < 4.78 is 0. The van der Waals surface area contributed by atoms with Gasteiger partial charge in [-0.1, -0.05) is 84.2 Å². The van der Waals surface area contributed by atoms with Gasteiger partial charge < -0.3 is 5.11 Å². The Hall–Kier alpha value is -2.09. The number of carbonyl (C=O) groups is 1. The quantitative estimate of drug-likeness (QED) is 0.417. The van der Waals surface area contributed by atoms with E-state index in [9.17, 15) is 4.79 Å². The van der Waals surface area contributed by atoms with E-state index in [1.807, 2.05) is 12.1 Å². The molecule has 1 N–H and O–H groups in total. The maximum atomic E-state index is 11.1. The van der Waals surface area contributed by atoms with E-state index in [1.165, 1.54) is 55.2 Å².